The molecule has 1 aromatic heterocycles. The number of para-hydroxylation sites is 1. The van der Waals surface area contributed by atoms with Gasteiger partial charge in [-0.05, 0) is 23.8 Å². The third-order valence-electron chi connectivity index (χ3n) is 5.78. The zero-order valence-electron chi connectivity index (χ0n) is 20.2. The van der Waals surface area contributed by atoms with Gasteiger partial charge in [0, 0.05) is 26.6 Å². The first-order valence-corrected chi connectivity index (χ1v) is 11.1. The van der Waals surface area contributed by atoms with Crippen LogP contribution in [0.25, 0.3) is 27.7 Å². The van der Waals surface area contributed by atoms with Crippen molar-refractivity contribution in [1.29, 1.82) is 0 Å². The fourth-order valence-electron chi connectivity index (χ4n) is 3.93. The van der Waals surface area contributed by atoms with E-state index in [9.17, 15) is 19.2 Å². The summed E-state index contributed by atoms with van der Waals surface area (Å²) in [5.41, 5.74) is 1.70. The van der Waals surface area contributed by atoms with E-state index in [-0.39, 0.29) is 22.7 Å². The molecule has 0 saturated carbocycles. The first-order chi connectivity index (χ1) is 17.1. The highest BCUT2D eigenvalue weighted by atomic mass is 16.5. The normalized spacial score (nSPS) is 12.4. The van der Waals surface area contributed by atoms with Gasteiger partial charge in [-0.25, -0.2) is 4.98 Å². The molecule has 0 atom stereocenters. The largest absolute Gasteiger partial charge is 0.490 e. The van der Waals surface area contributed by atoms with Crippen molar-refractivity contribution in [2.45, 2.75) is 6.92 Å². The highest BCUT2D eigenvalue weighted by Crippen LogP contribution is 2.37. The van der Waals surface area contributed by atoms with Crippen LogP contribution in [0.2, 0.25) is 0 Å². The molecule has 1 aliphatic heterocycles. The smallest absolute Gasteiger partial charge is 0.272 e. The Morgan fingerprint density at radius 3 is 2.58 bits per heavy atom. The molecule has 0 saturated heterocycles. The minimum Gasteiger partial charge on any atom is -0.490 e. The van der Waals surface area contributed by atoms with E-state index >= 15 is 0 Å². The zero-order valence-corrected chi connectivity index (χ0v) is 20.2. The van der Waals surface area contributed by atoms with Crippen molar-refractivity contribution in [3.63, 3.8) is 0 Å². The highest BCUT2D eigenvalue weighted by molar-refractivity contribution is 6.15. The Morgan fingerprint density at radius 2 is 1.89 bits per heavy atom. The van der Waals surface area contributed by atoms with Crippen molar-refractivity contribution in [2.24, 2.45) is 0 Å². The molecule has 0 aliphatic carbocycles. The van der Waals surface area contributed by atoms with Crippen LogP contribution in [0, 0.1) is 0 Å². The van der Waals surface area contributed by atoms with E-state index < -0.39 is 17.4 Å². The number of rotatable bonds is 5. The lowest BCUT2D eigenvalue weighted by Gasteiger charge is -2.29. The van der Waals surface area contributed by atoms with Gasteiger partial charge in [0.1, 0.15) is 24.4 Å². The molecule has 2 heterocycles. The Hall–Kier alpha value is -4.73. The van der Waals surface area contributed by atoms with Crippen molar-refractivity contribution in [3.8, 4) is 16.9 Å². The molecule has 3 aromatic rings. The Morgan fingerprint density at radius 1 is 1.14 bits per heavy atom. The number of aromatic nitrogens is 2. The van der Waals surface area contributed by atoms with Gasteiger partial charge in [-0.2, -0.15) is 0 Å². The SMILES string of the molecule is C=C(NC(=O)C(=C)n1cnc2c(-c3ccc4c(c3)OCCN4C(C)=O)cccc2c1=O)C(=O)N(C)C. The molecule has 10 nitrogen and oxygen atoms in total. The van der Waals surface area contributed by atoms with Crippen LogP contribution >= 0.6 is 0 Å². The van der Waals surface area contributed by atoms with Crippen molar-refractivity contribution < 1.29 is 19.1 Å². The summed E-state index contributed by atoms with van der Waals surface area (Å²) < 4.78 is 6.79. The number of likely N-dealkylation sites (N-methyl/N-ethyl adjacent to an activating group) is 1. The summed E-state index contributed by atoms with van der Waals surface area (Å²) >= 11 is 0. The summed E-state index contributed by atoms with van der Waals surface area (Å²) in [5.74, 6) is -0.739. The van der Waals surface area contributed by atoms with Crippen LogP contribution in [-0.2, 0) is 14.4 Å². The van der Waals surface area contributed by atoms with Crippen molar-refractivity contribution >= 4 is 40.0 Å². The predicted octanol–water partition coefficient (Wildman–Crippen LogP) is 2.00. The van der Waals surface area contributed by atoms with Crippen LogP contribution in [0.15, 0.2) is 66.4 Å². The van der Waals surface area contributed by atoms with Crippen LogP contribution in [0.4, 0.5) is 5.69 Å². The average molecular weight is 488 g/mol. The van der Waals surface area contributed by atoms with E-state index in [1.807, 2.05) is 18.2 Å². The average Bonchev–Trinajstić information content (AvgIpc) is 2.86. The van der Waals surface area contributed by atoms with E-state index in [0.717, 1.165) is 10.1 Å². The molecule has 36 heavy (non-hydrogen) atoms. The van der Waals surface area contributed by atoms with E-state index in [0.29, 0.717) is 35.7 Å². The third-order valence-corrected chi connectivity index (χ3v) is 5.78. The number of carbonyl (C=O) groups excluding carboxylic acids is 3. The van der Waals surface area contributed by atoms with Gasteiger partial charge < -0.3 is 19.9 Å². The van der Waals surface area contributed by atoms with Crippen molar-refractivity contribution in [1.82, 2.24) is 19.8 Å². The Bertz CT molecular complexity index is 1500. The number of carbonyl (C=O) groups is 3. The molecule has 0 spiro atoms. The maximum absolute atomic E-state index is 13.3. The van der Waals surface area contributed by atoms with Crippen LogP contribution in [0.5, 0.6) is 5.75 Å². The number of fused-ring (bicyclic) bond motifs is 2. The first kappa shape index (κ1) is 24.4. The lowest BCUT2D eigenvalue weighted by Crippen LogP contribution is -2.36. The van der Waals surface area contributed by atoms with Crippen LogP contribution in [0.1, 0.15) is 6.92 Å². The molecular formula is C26H25N5O5. The predicted molar refractivity (Wildman–Crippen MR) is 136 cm³/mol. The zero-order chi connectivity index (χ0) is 26.1. The molecule has 1 N–H and O–H groups in total. The monoisotopic (exact) mass is 487 g/mol. The molecule has 1 aliphatic rings. The molecule has 3 amide bonds. The Kier molecular flexibility index (Phi) is 6.43. The van der Waals surface area contributed by atoms with Crippen molar-refractivity contribution in [3.05, 3.63) is 71.9 Å². The lowest BCUT2D eigenvalue weighted by atomic mass is 10.0. The molecule has 184 valence electrons. The molecule has 0 unspecified atom stereocenters. The van der Waals surface area contributed by atoms with Gasteiger partial charge >= 0.3 is 0 Å². The number of hydrogen-bond acceptors (Lipinski definition) is 6. The standard InChI is InChI=1S/C26H25N5O5/c1-15(25(34)29(4)5)28-24(33)16(2)31-14-27-23-19(7-6-8-20(23)26(31)35)18-9-10-21-22(13-18)36-12-11-30(21)17(3)32/h6-10,13-14H,1-2,11-12H2,3-5H3,(H,28,33). The summed E-state index contributed by atoms with van der Waals surface area (Å²) in [7, 11) is 3.05. The third kappa shape index (κ3) is 4.36. The van der Waals surface area contributed by atoms with Gasteiger partial charge in [0.25, 0.3) is 17.4 Å². The van der Waals surface area contributed by atoms with Gasteiger partial charge in [-0.3, -0.25) is 23.7 Å². The molecule has 0 radical (unpaired) electrons. The van der Waals surface area contributed by atoms with Crippen molar-refractivity contribution in [2.75, 3.05) is 32.1 Å². The topological polar surface area (TPSA) is 114 Å². The van der Waals surface area contributed by atoms with E-state index in [1.165, 1.54) is 32.2 Å². The second-order valence-corrected chi connectivity index (χ2v) is 8.40. The van der Waals surface area contributed by atoms with Gasteiger partial charge in [0.05, 0.1) is 28.8 Å². The first-order valence-electron chi connectivity index (χ1n) is 11.1. The Labute approximate surface area is 207 Å². The summed E-state index contributed by atoms with van der Waals surface area (Å²) in [6.45, 7) is 9.62. The summed E-state index contributed by atoms with van der Waals surface area (Å²) in [5, 5.41) is 2.63. The summed E-state index contributed by atoms with van der Waals surface area (Å²) in [6.07, 6.45) is 1.22. The highest BCUT2D eigenvalue weighted by Gasteiger charge is 2.23. The number of anilines is 1. The molecule has 4 rings (SSSR count). The van der Waals surface area contributed by atoms with Crippen LogP contribution in [-0.4, -0.2) is 59.4 Å². The molecule has 10 heteroatoms. The fourth-order valence-corrected chi connectivity index (χ4v) is 3.93. The molecule has 0 bridgehead atoms. The minimum absolute atomic E-state index is 0.0707. The van der Waals surface area contributed by atoms with E-state index in [2.05, 4.69) is 23.5 Å². The maximum Gasteiger partial charge on any atom is 0.272 e. The van der Waals surface area contributed by atoms with Crippen LogP contribution in [0.3, 0.4) is 0 Å². The Balaban J connectivity index is 1.69. The number of amides is 3. The number of nitrogens with zero attached hydrogens (tertiary/aromatic N) is 4. The number of nitrogens with one attached hydrogen (secondary N) is 1. The van der Waals surface area contributed by atoms with Gasteiger partial charge in [-0.15, -0.1) is 0 Å². The second kappa shape index (κ2) is 9.49. The van der Waals surface area contributed by atoms with Crippen LogP contribution < -0.4 is 20.5 Å². The minimum atomic E-state index is -0.753. The number of benzene rings is 2. The molecule has 0 fully saturated rings. The van der Waals surface area contributed by atoms with Gasteiger partial charge in [0.15, 0.2) is 0 Å². The maximum atomic E-state index is 13.3. The lowest BCUT2D eigenvalue weighted by molar-refractivity contribution is -0.126. The molecular weight excluding hydrogens is 462 g/mol. The van der Waals surface area contributed by atoms with Gasteiger partial charge in [0.2, 0.25) is 5.91 Å². The second-order valence-electron chi connectivity index (χ2n) is 8.40. The fraction of sp³-hybridized carbons (Fsp3) is 0.192. The van der Waals surface area contributed by atoms with E-state index in [1.54, 1.807) is 23.1 Å². The van der Waals surface area contributed by atoms with E-state index in [4.69, 9.17) is 4.74 Å². The van der Waals surface area contributed by atoms with Gasteiger partial charge in [-0.1, -0.05) is 31.4 Å². The molecule has 2 aromatic carbocycles. The number of hydrogen-bond donors (Lipinski definition) is 1. The summed E-state index contributed by atoms with van der Waals surface area (Å²) in [4.78, 5) is 57.1. The quantitative estimate of drug-likeness (QED) is 0.551. The summed E-state index contributed by atoms with van der Waals surface area (Å²) in [6, 6.07) is 10.6. The number of ether oxygens (including phenoxy) is 1.